The van der Waals surface area contributed by atoms with Gasteiger partial charge in [-0.05, 0) is 42.0 Å². The Hall–Kier alpha value is -3.04. The van der Waals surface area contributed by atoms with Crippen LogP contribution in [0.15, 0.2) is 53.4 Å². The summed E-state index contributed by atoms with van der Waals surface area (Å²) < 4.78 is 5.71. The molecule has 0 aliphatic carbocycles. The fraction of sp³-hybridized carbons (Fsp3) is 0.190. The normalized spacial score (nSPS) is 15.3. The highest BCUT2D eigenvalue weighted by Gasteiger charge is 2.35. The summed E-state index contributed by atoms with van der Waals surface area (Å²) in [5, 5.41) is 8.86. The molecule has 2 aromatic rings. The van der Waals surface area contributed by atoms with Crippen LogP contribution in [0.1, 0.15) is 30.0 Å². The molecule has 1 fully saturated rings. The number of carbonyl (C=O) groups excluding carboxylic acids is 2. The van der Waals surface area contributed by atoms with Crippen molar-refractivity contribution < 1.29 is 14.3 Å². The molecule has 3 rings (SSSR count). The number of ether oxygens (including phenoxy) is 1. The molecule has 0 saturated carbocycles. The average molecular weight is 378 g/mol. The van der Waals surface area contributed by atoms with Crippen LogP contribution in [0.5, 0.6) is 5.75 Å². The number of imide groups is 1. The predicted molar refractivity (Wildman–Crippen MR) is 105 cm³/mol. The number of nitrogens with zero attached hydrogens (tertiary/aromatic N) is 2. The lowest BCUT2D eigenvalue weighted by atomic mass is 10.1. The number of hydrogen-bond acceptors (Lipinski definition) is 5. The van der Waals surface area contributed by atoms with Gasteiger partial charge < -0.3 is 4.74 Å². The molecule has 6 heteroatoms. The van der Waals surface area contributed by atoms with Crippen molar-refractivity contribution in [2.24, 2.45) is 0 Å². The number of thioether (sulfide) groups is 1. The fourth-order valence-corrected chi connectivity index (χ4v) is 3.49. The van der Waals surface area contributed by atoms with Gasteiger partial charge in [-0.3, -0.25) is 14.5 Å². The summed E-state index contributed by atoms with van der Waals surface area (Å²) >= 11 is 0.902. The molecule has 1 saturated heterocycles. The van der Waals surface area contributed by atoms with Crippen molar-refractivity contribution in [1.29, 1.82) is 5.26 Å². The fourth-order valence-electron chi connectivity index (χ4n) is 2.66. The number of nitriles is 1. The molecule has 136 valence electrons. The van der Waals surface area contributed by atoms with Gasteiger partial charge in [0.25, 0.3) is 11.1 Å². The van der Waals surface area contributed by atoms with E-state index < -0.39 is 0 Å². The van der Waals surface area contributed by atoms with Crippen LogP contribution in [0.2, 0.25) is 0 Å². The second kappa shape index (κ2) is 8.56. The third kappa shape index (κ3) is 4.21. The number of para-hydroxylation sites is 1. The summed E-state index contributed by atoms with van der Waals surface area (Å²) in [5.41, 5.74) is 1.86. The van der Waals surface area contributed by atoms with Gasteiger partial charge in [-0.2, -0.15) is 5.26 Å². The predicted octanol–water partition coefficient (Wildman–Crippen LogP) is 4.58. The summed E-state index contributed by atoms with van der Waals surface area (Å²) in [5.74, 6) is 0.323. The summed E-state index contributed by atoms with van der Waals surface area (Å²) in [7, 11) is 0. The zero-order valence-electron chi connectivity index (χ0n) is 14.8. The van der Waals surface area contributed by atoms with Gasteiger partial charge in [0.05, 0.1) is 29.7 Å². The topological polar surface area (TPSA) is 70.4 Å². The smallest absolute Gasteiger partial charge is 0.293 e. The van der Waals surface area contributed by atoms with Crippen LogP contribution >= 0.6 is 11.8 Å². The second-order valence-electron chi connectivity index (χ2n) is 5.92. The molecular formula is C21H18N2O3S. The maximum atomic E-state index is 12.7. The molecule has 27 heavy (non-hydrogen) atoms. The first kappa shape index (κ1) is 18.7. The van der Waals surface area contributed by atoms with Gasteiger partial charge in [0, 0.05) is 5.56 Å². The van der Waals surface area contributed by atoms with E-state index in [4.69, 9.17) is 4.74 Å². The summed E-state index contributed by atoms with van der Waals surface area (Å²) in [6.07, 6.45) is 2.56. The molecule has 1 aliphatic rings. The maximum absolute atomic E-state index is 12.7. The zero-order valence-corrected chi connectivity index (χ0v) is 15.7. The van der Waals surface area contributed by atoms with Gasteiger partial charge in [0.1, 0.15) is 5.75 Å². The minimum Gasteiger partial charge on any atom is -0.493 e. The van der Waals surface area contributed by atoms with E-state index in [-0.39, 0.29) is 17.7 Å². The lowest BCUT2D eigenvalue weighted by molar-refractivity contribution is -0.123. The van der Waals surface area contributed by atoms with Gasteiger partial charge in [-0.15, -0.1) is 0 Å². The molecule has 0 bridgehead atoms. The summed E-state index contributed by atoms with van der Waals surface area (Å²) in [6, 6.07) is 16.5. The first-order valence-electron chi connectivity index (χ1n) is 8.59. The van der Waals surface area contributed by atoms with Crippen LogP contribution in [0.25, 0.3) is 6.08 Å². The third-order valence-corrected chi connectivity index (χ3v) is 4.91. The van der Waals surface area contributed by atoms with E-state index >= 15 is 0 Å². The van der Waals surface area contributed by atoms with Crippen LogP contribution in [-0.4, -0.2) is 22.7 Å². The number of benzene rings is 2. The molecule has 2 amide bonds. The Kier molecular flexibility index (Phi) is 5.94. The van der Waals surface area contributed by atoms with E-state index in [0.29, 0.717) is 28.4 Å². The quantitative estimate of drug-likeness (QED) is 0.688. The van der Waals surface area contributed by atoms with E-state index in [1.807, 2.05) is 31.2 Å². The molecule has 0 aromatic heterocycles. The summed E-state index contributed by atoms with van der Waals surface area (Å²) in [6.45, 7) is 2.68. The van der Waals surface area contributed by atoms with Crippen molar-refractivity contribution in [1.82, 2.24) is 4.90 Å². The zero-order chi connectivity index (χ0) is 19.2. The summed E-state index contributed by atoms with van der Waals surface area (Å²) in [4.78, 5) is 26.6. The first-order valence-corrected chi connectivity index (χ1v) is 9.41. The van der Waals surface area contributed by atoms with Gasteiger partial charge in [0.2, 0.25) is 0 Å². The monoisotopic (exact) mass is 378 g/mol. The number of hydrogen-bond donors (Lipinski definition) is 0. The SMILES string of the molecule is CCCOc1ccccc1/C=C1/SC(=O)N(Cc2ccccc2C#N)C1=O. The van der Waals surface area contributed by atoms with Crippen molar-refractivity contribution in [3.05, 3.63) is 70.1 Å². The first-order chi connectivity index (χ1) is 13.1. The highest BCUT2D eigenvalue weighted by atomic mass is 32.2. The third-order valence-electron chi connectivity index (χ3n) is 4.01. The van der Waals surface area contributed by atoms with Gasteiger partial charge in [0.15, 0.2) is 0 Å². The number of carbonyl (C=O) groups is 2. The van der Waals surface area contributed by atoms with E-state index in [1.165, 1.54) is 4.90 Å². The highest BCUT2D eigenvalue weighted by Crippen LogP contribution is 2.35. The van der Waals surface area contributed by atoms with Crippen LogP contribution in [-0.2, 0) is 11.3 Å². The van der Waals surface area contributed by atoms with Gasteiger partial charge in [-0.25, -0.2) is 0 Å². The molecule has 0 radical (unpaired) electrons. The Labute approximate surface area is 162 Å². The molecule has 0 atom stereocenters. The van der Waals surface area contributed by atoms with E-state index in [2.05, 4.69) is 6.07 Å². The minimum absolute atomic E-state index is 0.0831. The molecular weight excluding hydrogens is 360 g/mol. The van der Waals surface area contributed by atoms with Crippen LogP contribution in [0.3, 0.4) is 0 Å². The Morgan fingerprint density at radius 3 is 2.67 bits per heavy atom. The van der Waals surface area contributed by atoms with Crippen LogP contribution in [0.4, 0.5) is 4.79 Å². The Balaban J connectivity index is 1.84. The van der Waals surface area contributed by atoms with E-state index in [9.17, 15) is 14.9 Å². The lowest BCUT2D eigenvalue weighted by Gasteiger charge is -2.13. The Morgan fingerprint density at radius 1 is 1.15 bits per heavy atom. The standard InChI is InChI=1S/C21H18N2O3S/c1-2-11-26-18-10-6-5-7-15(18)12-19-20(24)23(21(25)27-19)14-17-9-4-3-8-16(17)13-22/h3-10,12H,2,11,14H2,1H3/b19-12+. The molecule has 0 spiro atoms. The number of amides is 2. The molecule has 0 unspecified atom stereocenters. The van der Waals surface area contributed by atoms with Crippen molar-refractivity contribution in [3.63, 3.8) is 0 Å². The van der Waals surface area contributed by atoms with Gasteiger partial charge in [-0.1, -0.05) is 43.3 Å². The maximum Gasteiger partial charge on any atom is 0.293 e. The molecule has 2 aromatic carbocycles. The number of rotatable bonds is 6. The minimum atomic E-state index is -0.358. The Morgan fingerprint density at radius 2 is 1.89 bits per heavy atom. The second-order valence-corrected chi connectivity index (χ2v) is 6.92. The van der Waals surface area contributed by atoms with Crippen molar-refractivity contribution in [2.75, 3.05) is 6.61 Å². The molecule has 0 N–H and O–H groups in total. The lowest BCUT2D eigenvalue weighted by Crippen LogP contribution is -2.27. The average Bonchev–Trinajstić information content (AvgIpc) is 2.95. The Bertz CT molecular complexity index is 946. The van der Waals surface area contributed by atoms with Gasteiger partial charge >= 0.3 is 0 Å². The van der Waals surface area contributed by atoms with Crippen molar-refractivity contribution in [3.8, 4) is 11.8 Å². The molecule has 1 aliphatic heterocycles. The largest absolute Gasteiger partial charge is 0.493 e. The van der Waals surface area contributed by atoms with E-state index in [0.717, 1.165) is 23.7 Å². The van der Waals surface area contributed by atoms with E-state index in [1.54, 1.807) is 30.3 Å². The van der Waals surface area contributed by atoms with Crippen molar-refractivity contribution in [2.45, 2.75) is 19.9 Å². The molecule has 1 heterocycles. The molecule has 5 nitrogen and oxygen atoms in total. The van der Waals surface area contributed by atoms with Crippen LogP contribution < -0.4 is 4.74 Å². The van der Waals surface area contributed by atoms with Crippen molar-refractivity contribution >= 4 is 29.0 Å². The highest BCUT2D eigenvalue weighted by molar-refractivity contribution is 8.18. The van der Waals surface area contributed by atoms with Crippen LogP contribution in [0, 0.1) is 11.3 Å².